The predicted octanol–water partition coefficient (Wildman–Crippen LogP) is -0.0127. The summed E-state index contributed by atoms with van der Waals surface area (Å²) in [5, 5.41) is 0. The van der Waals surface area contributed by atoms with Crippen LogP contribution in [0.4, 0.5) is 11.6 Å². The van der Waals surface area contributed by atoms with E-state index in [2.05, 4.69) is 20.3 Å². The number of hydrazine groups is 1. The Hall–Kier alpha value is -1.40. The van der Waals surface area contributed by atoms with Crippen LogP contribution in [0, 0.1) is 0 Å². The molecular weight excluding hydrogens is 194 g/mol. The Morgan fingerprint density at radius 1 is 1.60 bits per heavy atom. The van der Waals surface area contributed by atoms with Crippen molar-refractivity contribution in [1.29, 1.82) is 0 Å². The van der Waals surface area contributed by atoms with Gasteiger partial charge in [0.25, 0.3) is 0 Å². The summed E-state index contributed by atoms with van der Waals surface area (Å²) >= 11 is 0. The Kier molecular flexibility index (Phi) is 2.98. The van der Waals surface area contributed by atoms with E-state index in [9.17, 15) is 0 Å². The molecule has 3 N–H and O–H groups in total. The first kappa shape index (κ1) is 10.1. The molecule has 1 aliphatic heterocycles. The number of nitrogens with one attached hydrogen (secondary N) is 1. The Morgan fingerprint density at radius 2 is 2.47 bits per heavy atom. The third-order valence-corrected chi connectivity index (χ3v) is 2.57. The Balaban J connectivity index is 2.09. The maximum atomic E-state index is 5.29. The molecule has 2 heterocycles. The van der Waals surface area contributed by atoms with Gasteiger partial charge in [-0.05, 0) is 6.42 Å². The van der Waals surface area contributed by atoms with Crippen molar-refractivity contribution in [3.63, 3.8) is 0 Å². The summed E-state index contributed by atoms with van der Waals surface area (Å²) in [6.07, 6.45) is 4.64. The van der Waals surface area contributed by atoms with Gasteiger partial charge in [0, 0.05) is 20.2 Å². The molecule has 1 aliphatic rings. The molecule has 6 heteroatoms. The van der Waals surface area contributed by atoms with Crippen LogP contribution in [0.25, 0.3) is 0 Å². The van der Waals surface area contributed by atoms with Crippen LogP contribution >= 0.6 is 0 Å². The number of hydrogen-bond acceptors (Lipinski definition) is 6. The molecule has 1 aromatic rings. The van der Waals surface area contributed by atoms with E-state index in [1.54, 1.807) is 19.5 Å². The highest BCUT2D eigenvalue weighted by molar-refractivity contribution is 5.44. The second-order valence-electron chi connectivity index (χ2n) is 3.50. The molecule has 0 spiro atoms. The Labute approximate surface area is 88.4 Å². The summed E-state index contributed by atoms with van der Waals surface area (Å²) in [7, 11) is 1.73. The van der Waals surface area contributed by atoms with Crippen LogP contribution in [0.1, 0.15) is 6.42 Å². The third-order valence-electron chi connectivity index (χ3n) is 2.57. The molecule has 0 amide bonds. The Bertz CT molecular complexity index is 332. The first-order valence-electron chi connectivity index (χ1n) is 4.90. The minimum absolute atomic E-state index is 0.293. The van der Waals surface area contributed by atoms with E-state index in [1.807, 2.05) is 0 Å². The molecule has 0 radical (unpaired) electrons. The van der Waals surface area contributed by atoms with E-state index in [4.69, 9.17) is 10.6 Å². The lowest BCUT2D eigenvalue weighted by Gasteiger charge is -2.16. The van der Waals surface area contributed by atoms with Crippen molar-refractivity contribution in [1.82, 2.24) is 9.97 Å². The standard InChI is InChI=1S/C9H15N5O/c1-15-7-2-3-14(6-7)9-5-11-4-8(12-9)13-10/h4-5,7H,2-3,6,10H2,1H3,(H,12,13). The van der Waals surface area contributed by atoms with Crippen LogP contribution in [0.5, 0.6) is 0 Å². The summed E-state index contributed by atoms with van der Waals surface area (Å²) in [6.45, 7) is 1.81. The second kappa shape index (κ2) is 4.41. The van der Waals surface area contributed by atoms with Crippen molar-refractivity contribution in [2.75, 3.05) is 30.5 Å². The molecule has 15 heavy (non-hydrogen) atoms. The molecular formula is C9H15N5O. The molecule has 2 rings (SSSR count). The fourth-order valence-corrected chi connectivity index (χ4v) is 1.71. The summed E-state index contributed by atoms with van der Waals surface area (Å²) < 4.78 is 5.29. The number of nitrogens with zero attached hydrogens (tertiary/aromatic N) is 3. The predicted molar refractivity (Wildman–Crippen MR) is 57.5 cm³/mol. The van der Waals surface area contributed by atoms with Gasteiger partial charge >= 0.3 is 0 Å². The van der Waals surface area contributed by atoms with Crippen molar-refractivity contribution >= 4 is 11.6 Å². The van der Waals surface area contributed by atoms with E-state index < -0.39 is 0 Å². The van der Waals surface area contributed by atoms with Crippen LogP contribution < -0.4 is 16.2 Å². The van der Waals surface area contributed by atoms with Gasteiger partial charge in [-0.1, -0.05) is 0 Å². The lowest BCUT2D eigenvalue weighted by atomic mass is 10.3. The van der Waals surface area contributed by atoms with Crippen LogP contribution in [0.2, 0.25) is 0 Å². The summed E-state index contributed by atoms with van der Waals surface area (Å²) in [5.41, 5.74) is 2.48. The first-order valence-corrected chi connectivity index (χ1v) is 4.90. The van der Waals surface area contributed by atoms with Gasteiger partial charge in [0.05, 0.1) is 18.5 Å². The number of methoxy groups -OCH3 is 1. The van der Waals surface area contributed by atoms with E-state index in [-0.39, 0.29) is 0 Å². The minimum atomic E-state index is 0.293. The molecule has 1 fully saturated rings. The van der Waals surface area contributed by atoms with Gasteiger partial charge in [-0.2, -0.15) is 0 Å². The summed E-state index contributed by atoms with van der Waals surface area (Å²) in [5.74, 6) is 6.69. The molecule has 0 saturated carbocycles. The van der Waals surface area contributed by atoms with Gasteiger partial charge in [-0.3, -0.25) is 4.98 Å². The quantitative estimate of drug-likeness (QED) is 0.538. The number of nitrogen functional groups attached to an aromatic ring is 1. The summed E-state index contributed by atoms with van der Waals surface area (Å²) in [6, 6.07) is 0. The van der Waals surface area contributed by atoms with Crippen molar-refractivity contribution < 1.29 is 4.74 Å². The van der Waals surface area contributed by atoms with Gasteiger partial charge in [-0.15, -0.1) is 0 Å². The largest absolute Gasteiger partial charge is 0.380 e. The van der Waals surface area contributed by atoms with Gasteiger partial charge in [-0.25, -0.2) is 10.8 Å². The number of aromatic nitrogens is 2. The van der Waals surface area contributed by atoms with Gasteiger partial charge < -0.3 is 15.1 Å². The molecule has 1 aromatic heterocycles. The molecule has 1 unspecified atom stereocenters. The molecule has 0 bridgehead atoms. The smallest absolute Gasteiger partial charge is 0.160 e. The second-order valence-corrected chi connectivity index (χ2v) is 3.50. The number of rotatable bonds is 3. The number of hydrogen-bond donors (Lipinski definition) is 2. The topological polar surface area (TPSA) is 76.3 Å². The lowest BCUT2D eigenvalue weighted by molar-refractivity contribution is 0.121. The zero-order valence-corrected chi connectivity index (χ0v) is 8.68. The zero-order valence-electron chi connectivity index (χ0n) is 8.68. The highest BCUT2D eigenvalue weighted by Gasteiger charge is 2.23. The minimum Gasteiger partial charge on any atom is -0.380 e. The van der Waals surface area contributed by atoms with Crippen molar-refractivity contribution in [2.24, 2.45) is 5.84 Å². The third kappa shape index (κ3) is 2.16. The maximum absolute atomic E-state index is 5.29. The highest BCUT2D eigenvalue weighted by atomic mass is 16.5. The molecule has 0 aromatic carbocycles. The highest BCUT2D eigenvalue weighted by Crippen LogP contribution is 2.19. The molecule has 0 aliphatic carbocycles. The van der Waals surface area contributed by atoms with E-state index in [1.165, 1.54) is 0 Å². The normalized spacial score (nSPS) is 20.7. The number of anilines is 2. The number of nitrogens with two attached hydrogens (primary N) is 1. The van der Waals surface area contributed by atoms with Crippen molar-refractivity contribution in [3.05, 3.63) is 12.4 Å². The van der Waals surface area contributed by atoms with Gasteiger partial charge in [0.2, 0.25) is 0 Å². The number of ether oxygens (including phenoxy) is 1. The average Bonchev–Trinajstić information content (AvgIpc) is 2.78. The van der Waals surface area contributed by atoms with Crippen molar-refractivity contribution in [2.45, 2.75) is 12.5 Å². The average molecular weight is 209 g/mol. The monoisotopic (exact) mass is 209 g/mol. The van der Waals surface area contributed by atoms with Crippen LogP contribution in [0.3, 0.4) is 0 Å². The van der Waals surface area contributed by atoms with Gasteiger partial charge in [0.1, 0.15) is 5.82 Å². The molecule has 82 valence electrons. The zero-order chi connectivity index (χ0) is 10.7. The fourth-order valence-electron chi connectivity index (χ4n) is 1.71. The van der Waals surface area contributed by atoms with Crippen LogP contribution in [-0.2, 0) is 4.74 Å². The fraction of sp³-hybridized carbons (Fsp3) is 0.556. The SMILES string of the molecule is COC1CCN(c2cncc(NN)n2)C1. The molecule has 6 nitrogen and oxygen atoms in total. The van der Waals surface area contributed by atoms with E-state index in [0.717, 1.165) is 25.3 Å². The Morgan fingerprint density at radius 3 is 3.13 bits per heavy atom. The van der Waals surface area contributed by atoms with Crippen LogP contribution in [-0.4, -0.2) is 36.3 Å². The maximum Gasteiger partial charge on any atom is 0.160 e. The van der Waals surface area contributed by atoms with E-state index >= 15 is 0 Å². The molecule has 1 saturated heterocycles. The lowest BCUT2D eigenvalue weighted by Crippen LogP contribution is -2.23. The van der Waals surface area contributed by atoms with Crippen molar-refractivity contribution in [3.8, 4) is 0 Å². The van der Waals surface area contributed by atoms with E-state index in [0.29, 0.717) is 11.9 Å². The summed E-state index contributed by atoms with van der Waals surface area (Å²) in [4.78, 5) is 10.5. The van der Waals surface area contributed by atoms with Gasteiger partial charge in [0.15, 0.2) is 5.82 Å². The first-order chi connectivity index (χ1) is 7.33. The van der Waals surface area contributed by atoms with Crippen LogP contribution in [0.15, 0.2) is 12.4 Å². The molecule has 1 atom stereocenters.